The molecule has 0 fully saturated rings. The number of hydrogen-bond acceptors (Lipinski definition) is 5. The molecule has 0 spiro atoms. The Kier molecular flexibility index (Phi) is 6.81. The van der Waals surface area contributed by atoms with Gasteiger partial charge in [-0.3, -0.25) is 14.4 Å². The van der Waals surface area contributed by atoms with Crippen LogP contribution in [0, 0.1) is 18.6 Å². The summed E-state index contributed by atoms with van der Waals surface area (Å²) in [7, 11) is 0. The number of benzene rings is 2. The van der Waals surface area contributed by atoms with Crippen LogP contribution in [0.15, 0.2) is 36.4 Å². The van der Waals surface area contributed by atoms with E-state index in [2.05, 4.69) is 15.6 Å². The fourth-order valence-electron chi connectivity index (χ4n) is 3.72. The van der Waals surface area contributed by atoms with Gasteiger partial charge >= 0.3 is 5.92 Å². The third-order valence-electron chi connectivity index (χ3n) is 5.55. The second-order valence-corrected chi connectivity index (χ2v) is 9.32. The zero-order valence-corrected chi connectivity index (χ0v) is 19.9. The maximum atomic E-state index is 15.2. The van der Waals surface area contributed by atoms with Crippen LogP contribution >= 0.6 is 11.3 Å². The average Bonchev–Trinajstić information content (AvgIpc) is 3.21. The van der Waals surface area contributed by atoms with Gasteiger partial charge in [0.2, 0.25) is 5.91 Å². The molecule has 7 nitrogen and oxygen atoms in total. The highest BCUT2D eigenvalue weighted by Gasteiger charge is 2.47. The van der Waals surface area contributed by atoms with Crippen LogP contribution < -0.4 is 10.6 Å². The van der Waals surface area contributed by atoms with Gasteiger partial charge in [0.25, 0.3) is 11.8 Å². The van der Waals surface area contributed by atoms with E-state index in [9.17, 15) is 23.2 Å². The Bertz CT molecular complexity index is 1380. The SMILES string of the molecule is CC(=O)Nc1nc2c(s1)CN(C(=O)C(F)(F)c1cc(C(=O)Nc3ccc(F)c(C)c3)ccc1F)CC2. The summed E-state index contributed by atoms with van der Waals surface area (Å²) in [6, 6.07) is 6.13. The number of rotatable bonds is 5. The number of nitrogens with zero attached hydrogens (tertiary/aromatic N) is 2. The number of thiazole rings is 1. The smallest absolute Gasteiger partial charge is 0.332 e. The number of alkyl halides is 2. The van der Waals surface area contributed by atoms with Gasteiger partial charge in [0.1, 0.15) is 11.6 Å². The van der Waals surface area contributed by atoms with E-state index in [1.165, 1.54) is 26.0 Å². The Morgan fingerprint density at radius 2 is 1.78 bits per heavy atom. The molecule has 0 bridgehead atoms. The van der Waals surface area contributed by atoms with Gasteiger partial charge in [-0.15, -0.1) is 0 Å². The zero-order valence-electron chi connectivity index (χ0n) is 19.1. The standard InChI is InChI=1S/C24H20F4N4O3S/c1-12-9-15(4-6-17(12)25)30-21(34)14-3-5-18(26)16(10-14)24(27,28)22(35)32-8-7-19-20(11-32)36-23(31-19)29-13(2)33/h3-6,9-10H,7-8,11H2,1-2H3,(H,30,34)(H,29,31,33). The van der Waals surface area contributed by atoms with E-state index >= 15 is 8.78 Å². The normalized spacial score (nSPS) is 13.2. The molecule has 2 heterocycles. The molecular weight excluding hydrogens is 500 g/mol. The molecule has 1 aliphatic rings. The minimum absolute atomic E-state index is 0.0730. The molecule has 0 radical (unpaired) electrons. The minimum atomic E-state index is -4.25. The van der Waals surface area contributed by atoms with Crippen molar-refractivity contribution >= 4 is 39.9 Å². The monoisotopic (exact) mass is 520 g/mol. The van der Waals surface area contributed by atoms with E-state index in [1.54, 1.807) is 0 Å². The maximum absolute atomic E-state index is 15.2. The van der Waals surface area contributed by atoms with Gasteiger partial charge in [-0.1, -0.05) is 11.3 Å². The third kappa shape index (κ3) is 5.08. The number of fused-ring (bicyclic) bond motifs is 1. The van der Waals surface area contributed by atoms with E-state index in [0.29, 0.717) is 27.8 Å². The first-order valence-corrected chi connectivity index (χ1v) is 11.6. The fraction of sp³-hybridized carbons (Fsp3) is 0.250. The Labute approximate surface area is 207 Å². The first-order chi connectivity index (χ1) is 17.0. The van der Waals surface area contributed by atoms with Crippen LogP contribution in [-0.4, -0.2) is 34.2 Å². The summed E-state index contributed by atoms with van der Waals surface area (Å²) >= 11 is 1.07. The van der Waals surface area contributed by atoms with Gasteiger partial charge in [0, 0.05) is 36.0 Å². The molecule has 3 amide bonds. The van der Waals surface area contributed by atoms with Gasteiger partial charge in [0.15, 0.2) is 5.13 Å². The lowest BCUT2D eigenvalue weighted by Gasteiger charge is -2.29. The zero-order chi connectivity index (χ0) is 26.2. The van der Waals surface area contributed by atoms with Crippen molar-refractivity contribution in [3.8, 4) is 0 Å². The van der Waals surface area contributed by atoms with Crippen LogP contribution in [0.3, 0.4) is 0 Å². The molecule has 0 saturated carbocycles. The number of carbonyl (C=O) groups is 3. The summed E-state index contributed by atoms with van der Waals surface area (Å²) in [6.07, 6.45) is 0.190. The van der Waals surface area contributed by atoms with Gasteiger partial charge in [-0.05, 0) is 48.9 Å². The van der Waals surface area contributed by atoms with Crippen molar-refractivity contribution in [1.82, 2.24) is 9.88 Å². The summed E-state index contributed by atoms with van der Waals surface area (Å²) < 4.78 is 58.4. The number of anilines is 2. The largest absolute Gasteiger partial charge is 0.352 e. The van der Waals surface area contributed by atoms with E-state index in [4.69, 9.17) is 0 Å². The number of hydrogen-bond donors (Lipinski definition) is 2. The summed E-state index contributed by atoms with van der Waals surface area (Å²) in [4.78, 5) is 42.3. The Morgan fingerprint density at radius 3 is 2.47 bits per heavy atom. The molecule has 12 heteroatoms. The van der Waals surface area contributed by atoms with Gasteiger partial charge in [0.05, 0.1) is 17.8 Å². The van der Waals surface area contributed by atoms with Crippen LogP contribution in [0.1, 0.15) is 39.0 Å². The predicted octanol–water partition coefficient (Wildman–Crippen LogP) is 4.62. The minimum Gasteiger partial charge on any atom is -0.332 e. The molecule has 0 saturated heterocycles. The molecule has 188 valence electrons. The quantitative estimate of drug-likeness (QED) is 0.481. The topological polar surface area (TPSA) is 91.4 Å². The lowest BCUT2D eigenvalue weighted by Crippen LogP contribution is -2.44. The number of amides is 3. The number of aryl methyl sites for hydroxylation is 1. The van der Waals surface area contributed by atoms with Crippen LogP contribution in [0.25, 0.3) is 0 Å². The lowest BCUT2D eigenvalue weighted by atomic mass is 10.0. The van der Waals surface area contributed by atoms with Crippen LogP contribution in [0.2, 0.25) is 0 Å². The van der Waals surface area contributed by atoms with Gasteiger partial charge in [-0.25, -0.2) is 13.8 Å². The highest BCUT2D eigenvalue weighted by molar-refractivity contribution is 7.15. The molecule has 0 unspecified atom stereocenters. The molecule has 4 rings (SSSR count). The van der Waals surface area contributed by atoms with E-state index < -0.39 is 34.9 Å². The van der Waals surface area contributed by atoms with Crippen molar-refractivity contribution < 1.29 is 31.9 Å². The molecule has 2 N–H and O–H groups in total. The highest BCUT2D eigenvalue weighted by atomic mass is 32.1. The highest BCUT2D eigenvalue weighted by Crippen LogP contribution is 2.36. The molecule has 0 atom stereocenters. The number of carbonyl (C=O) groups excluding carboxylic acids is 3. The first-order valence-electron chi connectivity index (χ1n) is 10.8. The average molecular weight is 521 g/mol. The van der Waals surface area contributed by atoms with Gasteiger partial charge in [-0.2, -0.15) is 8.78 Å². The van der Waals surface area contributed by atoms with Gasteiger partial charge < -0.3 is 15.5 Å². The first kappa shape index (κ1) is 25.3. The second-order valence-electron chi connectivity index (χ2n) is 8.23. The third-order valence-corrected chi connectivity index (χ3v) is 6.55. The number of nitrogens with one attached hydrogen (secondary N) is 2. The predicted molar refractivity (Wildman–Crippen MR) is 125 cm³/mol. The molecule has 1 aromatic heterocycles. The van der Waals surface area contributed by atoms with Crippen molar-refractivity contribution in [3.63, 3.8) is 0 Å². The Hall–Kier alpha value is -3.80. The van der Waals surface area contributed by atoms with Crippen molar-refractivity contribution in [1.29, 1.82) is 0 Å². The van der Waals surface area contributed by atoms with Crippen molar-refractivity contribution in [2.45, 2.75) is 32.7 Å². The fourth-order valence-corrected chi connectivity index (χ4v) is 4.79. The Morgan fingerprint density at radius 1 is 1.06 bits per heavy atom. The van der Waals surface area contributed by atoms with Crippen LogP contribution in [-0.2, 0) is 28.5 Å². The summed E-state index contributed by atoms with van der Waals surface area (Å²) in [5.41, 5.74) is -0.454. The van der Waals surface area contributed by atoms with Crippen molar-refractivity contribution in [2.24, 2.45) is 0 Å². The lowest BCUT2D eigenvalue weighted by molar-refractivity contribution is -0.160. The van der Waals surface area contributed by atoms with Crippen LogP contribution in [0.4, 0.5) is 28.4 Å². The molecular formula is C24H20F4N4O3S. The summed E-state index contributed by atoms with van der Waals surface area (Å²) in [5.74, 6) is -8.86. The van der Waals surface area contributed by atoms with E-state index in [0.717, 1.165) is 28.4 Å². The maximum Gasteiger partial charge on any atom is 0.352 e. The Balaban J connectivity index is 1.54. The molecule has 2 aromatic carbocycles. The second kappa shape index (κ2) is 9.69. The molecule has 0 aliphatic carbocycles. The molecule has 3 aromatic rings. The summed E-state index contributed by atoms with van der Waals surface area (Å²) in [6.45, 7) is 2.55. The molecule has 36 heavy (non-hydrogen) atoms. The number of aromatic nitrogens is 1. The summed E-state index contributed by atoms with van der Waals surface area (Å²) in [5, 5.41) is 5.26. The van der Waals surface area contributed by atoms with Crippen molar-refractivity contribution in [3.05, 3.63) is 75.3 Å². The van der Waals surface area contributed by atoms with Crippen molar-refractivity contribution in [2.75, 3.05) is 17.2 Å². The van der Waals surface area contributed by atoms with Crippen LogP contribution in [0.5, 0.6) is 0 Å². The van der Waals surface area contributed by atoms with E-state index in [-0.39, 0.29) is 42.2 Å². The van der Waals surface area contributed by atoms with E-state index in [1.807, 2.05) is 0 Å². The molecule has 1 aliphatic heterocycles. The number of halogens is 4.